The first-order valence-electron chi connectivity index (χ1n) is 2.61. The smallest absolute Gasteiger partial charge is 0.262 e. The fourth-order valence-corrected chi connectivity index (χ4v) is 0.431. The summed E-state index contributed by atoms with van der Waals surface area (Å²) < 4.78 is 1.34. The van der Waals surface area contributed by atoms with Crippen molar-refractivity contribution in [3.63, 3.8) is 0 Å². The molecule has 1 heterocycles. The monoisotopic (exact) mass is 138 g/mol. The SMILES string of the molecule is C=CC(=O)Nn1cnnc1. The van der Waals surface area contributed by atoms with Gasteiger partial charge in [0.05, 0.1) is 0 Å². The zero-order valence-electron chi connectivity index (χ0n) is 5.19. The average Bonchev–Trinajstić information content (AvgIpc) is 2.40. The van der Waals surface area contributed by atoms with Crippen LogP contribution in [0.5, 0.6) is 0 Å². The summed E-state index contributed by atoms with van der Waals surface area (Å²) in [6.07, 6.45) is 3.92. The van der Waals surface area contributed by atoms with Gasteiger partial charge in [-0.05, 0) is 6.08 Å². The minimum absolute atomic E-state index is 0.292. The van der Waals surface area contributed by atoms with E-state index in [4.69, 9.17) is 0 Å². The molecule has 0 radical (unpaired) electrons. The van der Waals surface area contributed by atoms with E-state index in [1.807, 2.05) is 0 Å². The minimum Gasteiger partial charge on any atom is -0.268 e. The Bertz CT molecular complexity index is 228. The second-order valence-corrected chi connectivity index (χ2v) is 1.55. The average molecular weight is 138 g/mol. The van der Waals surface area contributed by atoms with Crippen LogP contribution in [0.25, 0.3) is 0 Å². The molecule has 0 saturated carbocycles. The van der Waals surface area contributed by atoms with Gasteiger partial charge in [-0.3, -0.25) is 10.2 Å². The highest BCUT2D eigenvalue weighted by Gasteiger charge is 1.92. The van der Waals surface area contributed by atoms with Crippen LogP contribution in [0.15, 0.2) is 25.3 Å². The number of hydrogen-bond donors (Lipinski definition) is 1. The third-order valence-electron chi connectivity index (χ3n) is 0.843. The molecule has 0 saturated heterocycles. The topological polar surface area (TPSA) is 59.8 Å². The predicted molar refractivity (Wildman–Crippen MR) is 34.6 cm³/mol. The van der Waals surface area contributed by atoms with Gasteiger partial charge in [-0.2, -0.15) is 0 Å². The Morgan fingerprint density at radius 2 is 2.20 bits per heavy atom. The number of nitrogens with zero attached hydrogens (tertiary/aromatic N) is 3. The van der Waals surface area contributed by atoms with Crippen molar-refractivity contribution in [1.82, 2.24) is 14.9 Å². The number of amides is 1. The van der Waals surface area contributed by atoms with E-state index in [1.54, 1.807) is 0 Å². The third kappa shape index (κ3) is 1.41. The Labute approximate surface area is 57.3 Å². The fraction of sp³-hybridized carbons (Fsp3) is 0. The lowest BCUT2D eigenvalue weighted by atomic mass is 10.6. The summed E-state index contributed by atoms with van der Waals surface area (Å²) >= 11 is 0. The molecule has 0 atom stereocenters. The molecule has 0 aromatic carbocycles. The van der Waals surface area contributed by atoms with E-state index in [-0.39, 0.29) is 5.91 Å². The van der Waals surface area contributed by atoms with Crippen LogP contribution in [0.4, 0.5) is 0 Å². The van der Waals surface area contributed by atoms with Gasteiger partial charge in [-0.25, -0.2) is 4.68 Å². The Kier molecular flexibility index (Phi) is 1.79. The molecule has 5 heteroatoms. The van der Waals surface area contributed by atoms with Gasteiger partial charge >= 0.3 is 0 Å². The second kappa shape index (κ2) is 2.77. The first-order chi connectivity index (χ1) is 4.83. The van der Waals surface area contributed by atoms with E-state index < -0.39 is 0 Å². The minimum atomic E-state index is -0.292. The van der Waals surface area contributed by atoms with Crippen molar-refractivity contribution in [2.24, 2.45) is 0 Å². The van der Waals surface area contributed by atoms with Crippen LogP contribution in [0, 0.1) is 0 Å². The standard InChI is InChI=1S/C5H6N4O/c1-2-5(10)8-9-3-6-7-4-9/h2-4H,1H2,(H,8,10). The molecule has 1 N–H and O–H groups in total. The van der Waals surface area contributed by atoms with Crippen molar-refractivity contribution in [1.29, 1.82) is 0 Å². The fourth-order valence-electron chi connectivity index (χ4n) is 0.431. The summed E-state index contributed by atoms with van der Waals surface area (Å²) in [4.78, 5) is 10.6. The molecule has 5 nitrogen and oxygen atoms in total. The molecule has 10 heavy (non-hydrogen) atoms. The van der Waals surface area contributed by atoms with Gasteiger partial charge in [0.25, 0.3) is 5.91 Å². The maximum atomic E-state index is 10.6. The van der Waals surface area contributed by atoms with Crippen LogP contribution < -0.4 is 5.43 Å². The number of aromatic nitrogens is 3. The van der Waals surface area contributed by atoms with Crippen LogP contribution in [-0.2, 0) is 4.79 Å². The lowest BCUT2D eigenvalue weighted by Crippen LogP contribution is -2.18. The molecular weight excluding hydrogens is 132 g/mol. The maximum absolute atomic E-state index is 10.6. The van der Waals surface area contributed by atoms with Gasteiger partial charge in [-0.15, -0.1) is 10.2 Å². The van der Waals surface area contributed by atoms with E-state index in [0.717, 1.165) is 0 Å². The Morgan fingerprint density at radius 1 is 1.60 bits per heavy atom. The molecule has 0 aliphatic carbocycles. The van der Waals surface area contributed by atoms with Crippen molar-refractivity contribution in [3.05, 3.63) is 25.3 Å². The summed E-state index contributed by atoms with van der Waals surface area (Å²) in [6, 6.07) is 0. The lowest BCUT2D eigenvalue weighted by molar-refractivity contribution is -0.112. The number of nitrogens with one attached hydrogen (secondary N) is 1. The highest BCUT2D eigenvalue weighted by molar-refractivity contribution is 5.93. The van der Waals surface area contributed by atoms with Gasteiger partial charge in [0.2, 0.25) is 0 Å². The number of hydrogen-bond acceptors (Lipinski definition) is 3. The summed E-state index contributed by atoms with van der Waals surface area (Å²) in [5, 5.41) is 6.95. The predicted octanol–water partition coefficient (Wildman–Crippen LogP) is -0.466. The Hall–Kier alpha value is -1.65. The zero-order valence-corrected chi connectivity index (χ0v) is 5.19. The van der Waals surface area contributed by atoms with E-state index in [9.17, 15) is 4.79 Å². The van der Waals surface area contributed by atoms with Crippen LogP contribution in [0.2, 0.25) is 0 Å². The van der Waals surface area contributed by atoms with E-state index >= 15 is 0 Å². The van der Waals surface area contributed by atoms with Gasteiger partial charge < -0.3 is 0 Å². The van der Waals surface area contributed by atoms with E-state index in [0.29, 0.717) is 0 Å². The van der Waals surface area contributed by atoms with Crippen molar-refractivity contribution in [3.8, 4) is 0 Å². The zero-order chi connectivity index (χ0) is 7.40. The maximum Gasteiger partial charge on any atom is 0.262 e. The van der Waals surface area contributed by atoms with Crippen molar-refractivity contribution in [2.75, 3.05) is 5.43 Å². The largest absolute Gasteiger partial charge is 0.268 e. The summed E-state index contributed by atoms with van der Waals surface area (Å²) in [7, 11) is 0. The Morgan fingerprint density at radius 3 is 2.70 bits per heavy atom. The van der Waals surface area contributed by atoms with E-state index in [2.05, 4.69) is 22.2 Å². The molecule has 0 unspecified atom stereocenters. The van der Waals surface area contributed by atoms with Crippen LogP contribution in [0.1, 0.15) is 0 Å². The number of carbonyl (C=O) groups is 1. The summed E-state index contributed by atoms with van der Waals surface area (Å²) in [5.74, 6) is -0.292. The van der Waals surface area contributed by atoms with Crippen LogP contribution in [0.3, 0.4) is 0 Å². The molecule has 0 spiro atoms. The normalized spacial score (nSPS) is 8.80. The molecule has 0 fully saturated rings. The molecule has 1 rings (SSSR count). The van der Waals surface area contributed by atoms with Crippen molar-refractivity contribution in [2.45, 2.75) is 0 Å². The van der Waals surface area contributed by atoms with Crippen molar-refractivity contribution < 1.29 is 4.79 Å². The first-order valence-corrected chi connectivity index (χ1v) is 2.61. The highest BCUT2D eigenvalue weighted by Crippen LogP contribution is 1.75. The van der Waals surface area contributed by atoms with Crippen molar-refractivity contribution >= 4 is 5.91 Å². The highest BCUT2D eigenvalue weighted by atomic mass is 16.2. The van der Waals surface area contributed by atoms with Gasteiger partial charge in [0.1, 0.15) is 12.7 Å². The van der Waals surface area contributed by atoms with Gasteiger partial charge in [0, 0.05) is 0 Å². The first kappa shape index (κ1) is 6.47. The van der Waals surface area contributed by atoms with Crippen LogP contribution >= 0.6 is 0 Å². The third-order valence-corrected chi connectivity index (χ3v) is 0.843. The molecule has 1 aromatic rings. The van der Waals surface area contributed by atoms with Gasteiger partial charge in [-0.1, -0.05) is 6.58 Å². The summed E-state index contributed by atoms with van der Waals surface area (Å²) in [6.45, 7) is 3.27. The molecule has 0 bridgehead atoms. The number of rotatable bonds is 2. The van der Waals surface area contributed by atoms with E-state index in [1.165, 1.54) is 23.4 Å². The molecule has 1 amide bonds. The summed E-state index contributed by atoms with van der Waals surface area (Å²) in [5.41, 5.74) is 2.41. The molecule has 1 aromatic heterocycles. The molecule has 0 aliphatic rings. The van der Waals surface area contributed by atoms with Crippen LogP contribution in [-0.4, -0.2) is 20.8 Å². The molecular formula is C5H6N4O. The quantitative estimate of drug-likeness (QED) is 0.562. The Balaban J connectivity index is 2.56. The lowest BCUT2D eigenvalue weighted by Gasteiger charge is -1.97. The van der Waals surface area contributed by atoms with Gasteiger partial charge in [0.15, 0.2) is 0 Å². The second-order valence-electron chi connectivity index (χ2n) is 1.55. The molecule has 0 aliphatic heterocycles. The molecule has 52 valence electrons. The number of carbonyl (C=O) groups excluding carboxylic acids is 1.